The molecule has 0 N–H and O–H groups in total. The standard InChI is InChI=1S/C20H21NO2/c1-21(2)14-15-22-19-11-7-6-10-17(19)20-13-12-18(23-20)16-8-4-3-5-9-16/h3-13H,14-15H2,1-2H3. The van der Waals surface area contributed by atoms with Gasteiger partial charge in [0, 0.05) is 12.1 Å². The van der Waals surface area contributed by atoms with Crippen LogP contribution in [0, 0.1) is 0 Å². The number of likely N-dealkylation sites (N-methyl/N-ethyl adjacent to an activating group) is 1. The van der Waals surface area contributed by atoms with Gasteiger partial charge in [-0.2, -0.15) is 0 Å². The molecule has 0 aliphatic carbocycles. The molecule has 0 radical (unpaired) electrons. The molecule has 0 unspecified atom stereocenters. The van der Waals surface area contributed by atoms with Crippen molar-refractivity contribution in [3.8, 4) is 28.4 Å². The Morgan fingerprint density at radius 2 is 1.52 bits per heavy atom. The zero-order chi connectivity index (χ0) is 16.1. The molecule has 0 amide bonds. The van der Waals surface area contributed by atoms with Crippen molar-refractivity contribution in [2.24, 2.45) is 0 Å². The molecule has 3 nitrogen and oxygen atoms in total. The first kappa shape index (κ1) is 15.4. The minimum absolute atomic E-state index is 0.649. The summed E-state index contributed by atoms with van der Waals surface area (Å²) in [5, 5.41) is 0. The number of nitrogens with zero attached hydrogens (tertiary/aromatic N) is 1. The van der Waals surface area contributed by atoms with Gasteiger partial charge >= 0.3 is 0 Å². The van der Waals surface area contributed by atoms with E-state index in [0.29, 0.717) is 6.61 Å². The molecule has 0 aliphatic rings. The van der Waals surface area contributed by atoms with Crippen molar-refractivity contribution in [2.75, 3.05) is 27.2 Å². The molecule has 2 aromatic carbocycles. The summed E-state index contributed by atoms with van der Waals surface area (Å²) in [5.41, 5.74) is 2.05. The summed E-state index contributed by atoms with van der Waals surface area (Å²) in [4.78, 5) is 2.10. The van der Waals surface area contributed by atoms with Crippen LogP contribution in [0.4, 0.5) is 0 Å². The van der Waals surface area contributed by atoms with Crippen LogP contribution >= 0.6 is 0 Å². The number of hydrogen-bond donors (Lipinski definition) is 0. The molecule has 118 valence electrons. The smallest absolute Gasteiger partial charge is 0.138 e. The van der Waals surface area contributed by atoms with Crippen LogP contribution in [0.25, 0.3) is 22.6 Å². The van der Waals surface area contributed by atoms with Gasteiger partial charge in [-0.1, -0.05) is 42.5 Å². The van der Waals surface area contributed by atoms with Gasteiger partial charge in [-0.25, -0.2) is 0 Å². The zero-order valence-corrected chi connectivity index (χ0v) is 13.5. The summed E-state index contributed by atoms with van der Waals surface area (Å²) in [6.45, 7) is 1.53. The van der Waals surface area contributed by atoms with Gasteiger partial charge < -0.3 is 14.1 Å². The highest BCUT2D eigenvalue weighted by Crippen LogP contribution is 2.33. The van der Waals surface area contributed by atoms with E-state index in [9.17, 15) is 0 Å². The Morgan fingerprint density at radius 3 is 2.30 bits per heavy atom. The minimum atomic E-state index is 0.649. The Morgan fingerprint density at radius 1 is 0.826 bits per heavy atom. The Labute approximate surface area is 137 Å². The molecule has 0 atom stereocenters. The van der Waals surface area contributed by atoms with E-state index >= 15 is 0 Å². The summed E-state index contributed by atoms with van der Waals surface area (Å²) < 4.78 is 11.9. The fourth-order valence-corrected chi connectivity index (χ4v) is 2.37. The Bertz CT molecular complexity index is 747. The number of furan rings is 1. The van der Waals surface area contributed by atoms with Gasteiger partial charge in [0.05, 0.1) is 5.56 Å². The van der Waals surface area contributed by atoms with Crippen LogP contribution < -0.4 is 4.74 Å². The second-order valence-electron chi connectivity index (χ2n) is 5.68. The van der Waals surface area contributed by atoms with Gasteiger partial charge in [0.2, 0.25) is 0 Å². The van der Waals surface area contributed by atoms with E-state index < -0.39 is 0 Å². The molecule has 1 heterocycles. The molecule has 0 aliphatic heterocycles. The van der Waals surface area contributed by atoms with Crippen LogP contribution in [0.3, 0.4) is 0 Å². The average molecular weight is 307 g/mol. The highest BCUT2D eigenvalue weighted by Gasteiger charge is 2.11. The van der Waals surface area contributed by atoms with Crippen LogP contribution in [0.2, 0.25) is 0 Å². The predicted molar refractivity (Wildman–Crippen MR) is 93.6 cm³/mol. The quantitative estimate of drug-likeness (QED) is 0.668. The maximum absolute atomic E-state index is 6.03. The van der Waals surface area contributed by atoms with E-state index in [1.807, 2.05) is 80.8 Å². The molecule has 23 heavy (non-hydrogen) atoms. The number of benzene rings is 2. The topological polar surface area (TPSA) is 25.6 Å². The minimum Gasteiger partial charge on any atom is -0.491 e. The molecule has 3 rings (SSSR count). The molecule has 0 fully saturated rings. The van der Waals surface area contributed by atoms with Crippen molar-refractivity contribution in [2.45, 2.75) is 0 Å². The Kier molecular flexibility index (Phi) is 4.79. The van der Waals surface area contributed by atoms with Gasteiger partial charge in [-0.05, 0) is 38.4 Å². The normalized spacial score (nSPS) is 10.9. The second kappa shape index (κ2) is 7.16. The van der Waals surface area contributed by atoms with Crippen molar-refractivity contribution in [3.63, 3.8) is 0 Å². The molecule has 3 heteroatoms. The van der Waals surface area contributed by atoms with E-state index in [1.165, 1.54) is 0 Å². The van der Waals surface area contributed by atoms with Gasteiger partial charge in [0.25, 0.3) is 0 Å². The third kappa shape index (κ3) is 3.82. The summed E-state index contributed by atoms with van der Waals surface area (Å²) in [5.74, 6) is 2.54. The Balaban J connectivity index is 1.83. The highest BCUT2D eigenvalue weighted by atomic mass is 16.5. The monoisotopic (exact) mass is 307 g/mol. The maximum atomic E-state index is 6.03. The summed E-state index contributed by atoms with van der Waals surface area (Å²) in [7, 11) is 4.07. The summed E-state index contributed by atoms with van der Waals surface area (Å²) in [6, 6.07) is 22.1. The van der Waals surface area contributed by atoms with Crippen LogP contribution in [0.15, 0.2) is 71.1 Å². The lowest BCUT2D eigenvalue weighted by Gasteiger charge is -2.13. The van der Waals surface area contributed by atoms with Gasteiger partial charge in [0.15, 0.2) is 0 Å². The van der Waals surface area contributed by atoms with Crippen molar-refractivity contribution in [1.29, 1.82) is 0 Å². The fraction of sp³-hybridized carbons (Fsp3) is 0.200. The average Bonchev–Trinajstić information content (AvgIpc) is 3.06. The summed E-state index contributed by atoms with van der Waals surface area (Å²) in [6.07, 6.45) is 0. The van der Waals surface area contributed by atoms with Gasteiger partial charge in [-0.3, -0.25) is 0 Å². The van der Waals surface area contributed by atoms with E-state index in [2.05, 4.69) is 4.90 Å². The molecule has 0 bridgehead atoms. The third-order valence-electron chi connectivity index (χ3n) is 3.61. The van der Waals surface area contributed by atoms with Crippen LogP contribution in [0.5, 0.6) is 5.75 Å². The first-order valence-corrected chi connectivity index (χ1v) is 7.76. The summed E-state index contributed by atoms with van der Waals surface area (Å²) >= 11 is 0. The molecule has 0 saturated heterocycles. The molecule has 1 aromatic heterocycles. The van der Waals surface area contributed by atoms with Crippen molar-refractivity contribution in [1.82, 2.24) is 4.90 Å². The van der Waals surface area contributed by atoms with Crippen molar-refractivity contribution in [3.05, 3.63) is 66.7 Å². The predicted octanol–water partition coefficient (Wildman–Crippen LogP) is 4.55. The van der Waals surface area contributed by atoms with Crippen molar-refractivity contribution < 1.29 is 9.15 Å². The molecule has 0 spiro atoms. The number of rotatable bonds is 6. The Hall–Kier alpha value is -2.52. The molecule has 3 aromatic rings. The van der Waals surface area contributed by atoms with Gasteiger partial charge in [0.1, 0.15) is 23.9 Å². The fourth-order valence-electron chi connectivity index (χ4n) is 2.37. The third-order valence-corrected chi connectivity index (χ3v) is 3.61. The molecule has 0 saturated carbocycles. The van der Waals surface area contributed by atoms with Crippen molar-refractivity contribution >= 4 is 0 Å². The first-order chi connectivity index (χ1) is 11.2. The van der Waals surface area contributed by atoms with Crippen LogP contribution in [-0.4, -0.2) is 32.1 Å². The second-order valence-corrected chi connectivity index (χ2v) is 5.68. The number of hydrogen-bond acceptors (Lipinski definition) is 3. The molecular formula is C20H21NO2. The van der Waals surface area contributed by atoms with E-state index in [-0.39, 0.29) is 0 Å². The lowest BCUT2D eigenvalue weighted by Crippen LogP contribution is -2.19. The van der Waals surface area contributed by atoms with Gasteiger partial charge in [-0.15, -0.1) is 0 Å². The lowest BCUT2D eigenvalue weighted by molar-refractivity contribution is 0.262. The lowest BCUT2D eigenvalue weighted by atomic mass is 10.1. The van der Waals surface area contributed by atoms with E-state index in [1.54, 1.807) is 0 Å². The number of ether oxygens (including phenoxy) is 1. The largest absolute Gasteiger partial charge is 0.491 e. The maximum Gasteiger partial charge on any atom is 0.138 e. The number of para-hydroxylation sites is 1. The van der Waals surface area contributed by atoms with Crippen LogP contribution in [-0.2, 0) is 0 Å². The SMILES string of the molecule is CN(C)CCOc1ccccc1-c1ccc(-c2ccccc2)o1. The highest BCUT2D eigenvalue weighted by molar-refractivity contribution is 5.69. The van der Waals surface area contributed by atoms with E-state index in [4.69, 9.17) is 9.15 Å². The zero-order valence-electron chi connectivity index (χ0n) is 13.5. The van der Waals surface area contributed by atoms with Crippen LogP contribution in [0.1, 0.15) is 0 Å². The first-order valence-electron chi connectivity index (χ1n) is 7.76. The molecular weight excluding hydrogens is 286 g/mol. The van der Waals surface area contributed by atoms with E-state index in [0.717, 1.165) is 34.9 Å².